The van der Waals surface area contributed by atoms with Crippen LogP contribution in [0.3, 0.4) is 0 Å². The predicted octanol–water partition coefficient (Wildman–Crippen LogP) is 2.32. The topological polar surface area (TPSA) is 59.6 Å². The van der Waals surface area contributed by atoms with Gasteiger partial charge in [0.2, 0.25) is 0 Å². The van der Waals surface area contributed by atoms with Gasteiger partial charge >= 0.3 is 0 Å². The first-order valence-corrected chi connectivity index (χ1v) is 5.95. The molecule has 0 saturated carbocycles. The molecule has 0 amide bonds. The molecule has 1 unspecified atom stereocenters. The first kappa shape index (κ1) is 11.9. The summed E-state index contributed by atoms with van der Waals surface area (Å²) in [6.45, 7) is 6.52. The molecule has 1 aliphatic rings. The Balaban J connectivity index is 2.39. The number of fused-ring (bicyclic) bond motifs is 1. The molecular weight excluding hydrogens is 214 g/mol. The maximum absolute atomic E-state index is 5.80. The number of hydrogen-bond donors (Lipinski definition) is 2. The fourth-order valence-corrected chi connectivity index (χ4v) is 1.97. The number of anilines is 1. The van der Waals surface area contributed by atoms with E-state index >= 15 is 0 Å². The van der Waals surface area contributed by atoms with Crippen molar-refractivity contribution in [3.8, 4) is 5.75 Å². The van der Waals surface area contributed by atoms with Crippen LogP contribution in [0.1, 0.15) is 32.4 Å². The number of para-hydroxylation sites is 1. The Labute approximate surface area is 102 Å². The number of nitrogens with one attached hydrogen (secondary N) is 1. The van der Waals surface area contributed by atoms with Gasteiger partial charge in [0, 0.05) is 5.56 Å². The van der Waals surface area contributed by atoms with Crippen LogP contribution < -0.4 is 15.8 Å². The molecule has 4 heteroatoms. The van der Waals surface area contributed by atoms with E-state index in [1.807, 2.05) is 26.0 Å². The lowest BCUT2D eigenvalue weighted by atomic mass is 10.0. The molecule has 0 saturated heterocycles. The molecule has 0 radical (unpaired) electrons. The van der Waals surface area contributed by atoms with Crippen LogP contribution in [-0.2, 0) is 0 Å². The van der Waals surface area contributed by atoms with Crippen LogP contribution in [0.2, 0.25) is 0 Å². The molecule has 0 fully saturated rings. The largest absolute Gasteiger partial charge is 0.489 e. The quantitative estimate of drug-likeness (QED) is 0.842. The zero-order valence-electron chi connectivity index (χ0n) is 10.5. The highest BCUT2D eigenvalue weighted by Gasteiger charge is 2.20. The van der Waals surface area contributed by atoms with Gasteiger partial charge in [-0.25, -0.2) is 0 Å². The summed E-state index contributed by atoms with van der Waals surface area (Å²) >= 11 is 0. The number of aliphatic imine (C=N–C) groups is 1. The summed E-state index contributed by atoms with van der Waals surface area (Å²) in [5.74, 6) is 1.68. The smallest absolute Gasteiger partial charge is 0.143 e. The Morgan fingerprint density at radius 3 is 2.88 bits per heavy atom. The number of nitrogens with zero attached hydrogens (tertiary/aromatic N) is 1. The van der Waals surface area contributed by atoms with E-state index in [1.54, 1.807) is 0 Å². The lowest BCUT2D eigenvalue weighted by molar-refractivity contribution is 0.243. The van der Waals surface area contributed by atoms with Gasteiger partial charge in [-0.15, -0.1) is 0 Å². The van der Waals surface area contributed by atoms with E-state index in [9.17, 15) is 0 Å². The summed E-state index contributed by atoms with van der Waals surface area (Å²) in [6, 6.07) is 6.16. The minimum absolute atomic E-state index is 0.125. The fraction of sp³-hybridized carbons (Fsp3) is 0.462. The highest BCUT2D eigenvalue weighted by atomic mass is 16.5. The second-order valence-corrected chi connectivity index (χ2v) is 4.47. The van der Waals surface area contributed by atoms with Gasteiger partial charge < -0.3 is 15.8 Å². The maximum atomic E-state index is 5.80. The van der Waals surface area contributed by atoms with Gasteiger partial charge in [0.1, 0.15) is 11.6 Å². The fourth-order valence-electron chi connectivity index (χ4n) is 1.97. The molecule has 1 aromatic rings. The van der Waals surface area contributed by atoms with Gasteiger partial charge in [-0.3, -0.25) is 4.99 Å². The molecule has 1 aromatic carbocycles. The molecule has 0 spiro atoms. The van der Waals surface area contributed by atoms with Gasteiger partial charge in [-0.2, -0.15) is 0 Å². The summed E-state index contributed by atoms with van der Waals surface area (Å²) in [5.41, 5.74) is 7.80. The standard InChI is InChI=1S/C13H19N3O/c1-8(2)17-11-6-4-5-10-9(3)15-12(7-14)16-13(10)11/h4-6,8-9H,7,14H2,1-3H3,(H,15,16). The molecule has 3 N–H and O–H groups in total. The van der Waals surface area contributed by atoms with Crippen molar-refractivity contribution in [2.24, 2.45) is 10.7 Å². The maximum Gasteiger partial charge on any atom is 0.143 e. The number of amidine groups is 1. The monoisotopic (exact) mass is 233 g/mol. The number of benzene rings is 1. The van der Waals surface area contributed by atoms with Crippen LogP contribution in [0.4, 0.5) is 5.69 Å². The van der Waals surface area contributed by atoms with Crippen LogP contribution >= 0.6 is 0 Å². The first-order valence-electron chi connectivity index (χ1n) is 5.95. The van der Waals surface area contributed by atoms with Gasteiger partial charge in [0.15, 0.2) is 0 Å². The molecule has 1 aliphatic heterocycles. The normalized spacial score (nSPS) is 18.4. The molecule has 92 valence electrons. The lowest BCUT2D eigenvalue weighted by Gasteiger charge is -2.25. The molecule has 1 heterocycles. The Kier molecular flexibility index (Phi) is 3.33. The molecule has 0 aromatic heterocycles. The number of rotatable bonds is 3. The zero-order valence-corrected chi connectivity index (χ0v) is 10.5. The van der Waals surface area contributed by atoms with E-state index < -0.39 is 0 Å². The van der Waals surface area contributed by atoms with Gasteiger partial charge in [-0.1, -0.05) is 12.1 Å². The van der Waals surface area contributed by atoms with E-state index in [0.29, 0.717) is 6.54 Å². The number of ether oxygens (including phenoxy) is 1. The Bertz CT molecular complexity index is 440. The van der Waals surface area contributed by atoms with Crippen molar-refractivity contribution in [3.05, 3.63) is 23.8 Å². The third kappa shape index (κ3) is 2.42. The molecule has 1 atom stereocenters. The van der Waals surface area contributed by atoms with Crippen molar-refractivity contribution < 1.29 is 4.74 Å². The molecule has 0 aliphatic carbocycles. The van der Waals surface area contributed by atoms with E-state index in [4.69, 9.17) is 10.5 Å². The van der Waals surface area contributed by atoms with Gasteiger partial charge in [-0.05, 0) is 26.8 Å². The first-order chi connectivity index (χ1) is 8.11. The minimum Gasteiger partial charge on any atom is -0.489 e. The van der Waals surface area contributed by atoms with E-state index in [-0.39, 0.29) is 12.1 Å². The highest BCUT2D eigenvalue weighted by molar-refractivity contribution is 6.00. The van der Waals surface area contributed by atoms with E-state index in [1.165, 1.54) is 0 Å². The van der Waals surface area contributed by atoms with Crippen molar-refractivity contribution in [1.29, 1.82) is 0 Å². The van der Waals surface area contributed by atoms with Crippen LogP contribution in [0.15, 0.2) is 23.2 Å². The molecule has 4 nitrogen and oxygen atoms in total. The molecule has 17 heavy (non-hydrogen) atoms. The third-order valence-corrected chi connectivity index (χ3v) is 2.68. The van der Waals surface area contributed by atoms with Crippen LogP contribution in [0.5, 0.6) is 5.75 Å². The van der Waals surface area contributed by atoms with Gasteiger partial charge in [0.05, 0.1) is 24.4 Å². The average Bonchev–Trinajstić information content (AvgIpc) is 2.29. The average molecular weight is 233 g/mol. The van der Waals surface area contributed by atoms with Gasteiger partial charge in [0.25, 0.3) is 0 Å². The summed E-state index contributed by atoms with van der Waals surface area (Å²) in [7, 11) is 0. The lowest BCUT2D eigenvalue weighted by Crippen LogP contribution is -2.27. The van der Waals surface area contributed by atoms with Crippen molar-refractivity contribution in [2.75, 3.05) is 11.9 Å². The number of hydrogen-bond acceptors (Lipinski definition) is 4. The second kappa shape index (κ2) is 4.75. The second-order valence-electron chi connectivity index (χ2n) is 4.47. The van der Waals surface area contributed by atoms with Crippen LogP contribution in [0, 0.1) is 0 Å². The molecular formula is C13H19N3O. The Morgan fingerprint density at radius 2 is 2.24 bits per heavy atom. The Hall–Kier alpha value is -1.55. The minimum atomic E-state index is 0.125. The van der Waals surface area contributed by atoms with Crippen molar-refractivity contribution in [2.45, 2.75) is 32.9 Å². The summed E-state index contributed by atoms with van der Waals surface area (Å²) in [5, 5.41) is 3.25. The van der Waals surface area contributed by atoms with Crippen molar-refractivity contribution in [1.82, 2.24) is 0 Å². The Morgan fingerprint density at radius 1 is 1.47 bits per heavy atom. The third-order valence-electron chi connectivity index (χ3n) is 2.68. The molecule has 0 bridgehead atoms. The van der Waals surface area contributed by atoms with E-state index in [0.717, 1.165) is 22.8 Å². The zero-order chi connectivity index (χ0) is 12.4. The van der Waals surface area contributed by atoms with E-state index in [2.05, 4.69) is 23.3 Å². The SMILES string of the molecule is CC(C)Oc1cccc2c1NC(CN)=NC2C. The summed E-state index contributed by atoms with van der Waals surface area (Å²) < 4.78 is 5.80. The van der Waals surface area contributed by atoms with Crippen LogP contribution in [0.25, 0.3) is 0 Å². The van der Waals surface area contributed by atoms with Crippen LogP contribution in [-0.4, -0.2) is 18.5 Å². The van der Waals surface area contributed by atoms with Crippen molar-refractivity contribution >= 4 is 11.5 Å². The number of nitrogens with two attached hydrogens (primary N) is 1. The van der Waals surface area contributed by atoms with Crippen molar-refractivity contribution in [3.63, 3.8) is 0 Å². The summed E-state index contributed by atoms with van der Waals surface area (Å²) in [6.07, 6.45) is 0.152. The highest BCUT2D eigenvalue weighted by Crippen LogP contribution is 2.37. The predicted molar refractivity (Wildman–Crippen MR) is 70.7 cm³/mol. The summed E-state index contributed by atoms with van der Waals surface area (Å²) in [4.78, 5) is 4.49. The molecule has 2 rings (SSSR count).